The third-order valence-electron chi connectivity index (χ3n) is 19.4. The normalized spacial score (nSPS) is 12.9. The molecular formula is C90H100O20. The highest BCUT2D eigenvalue weighted by atomic mass is 16.6. The molecule has 0 aliphatic carbocycles. The lowest BCUT2D eigenvalue weighted by Gasteiger charge is -2.22. The Morgan fingerprint density at radius 1 is 0.145 bits per heavy atom. The van der Waals surface area contributed by atoms with Crippen molar-refractivity contribution in [2.24, 2.45) is 0 Å². The summed E-state index contributed by atoms with van der Waals surface area (Å²) >= 11 is 0. The Morgan fingerprint density at radius 2 is 0.227 bits per heavy atom. The van der Waals surface area contributed by atoms with E-state index in [-0.39, 0.29) is 0 Å². The Kier molecular flexibility index (Phi) is 25.9. The fraction of sp³-hybridized carbons (Fsp3) is 0.333. The fourth-order valence-electron chi connectivity index (χ4n) is 13.6. The first-order valence-corrected chi connectivity index (χ1v) is 36.3. The van der Waals surface area contributed by atoms with Crippen LogP contribution in [0.3, 0.4) is 0 Å². The van der Waals surface area contributed by atoms with Gasteiger partial charge in [-0.1, -0.05) is 0 Å². The zero-order chi connectivity index (χ0) is 78.4. The number of methoxy groups -OCH3 is 10. The van der Waals surface area contributed by atoms with E-state index < -0.39 is 0 Å². The minimum Gasteiger partial charge on any atom is -0.496 e. The second kappa shape index (κ2) is 35.9. The van der Waals surface area contributed by atoms with E-state index in [2.05, 4.69) is 0 Å². The van der Waals surface area contributed by atoms with Crippen LogP contribution in [0, 0.1) is 69.2 Å². The Balaban J connectivity index is 0.000000136. The summed E-state index contributed by atoms with van der Waals surface area (Å²) in [4.78, 5) is 0. The van der Waals surface area contributed by atoms with Gasteiger partial charge in [0.05, 0.1) is 71.1 Å². The molecule has 10 aromatic carbocycles. The fourth-order valence-corrected chi connectivity index (χ4v) is 13.6. The lowest BCUT2D eigenvalue weighted by molar-refractivity contribution is 0.214. The van der Waals surface area contributed by atoms with Gasteiger partial charge < -0.3 is 94.7 Å². The maximum atomic E-state index is 5.85. The number of fused-ring (bicyclic) bond motifs is 15. The lowest BCUT2D eigenvalue weighted by Crippen LogP contribution is -2.13. The van der Waals surface area contributed by atoms with Crippen molar-refractivity contribution in [3.63, 3.8) is 0 Å². The number of ether oxygens (including phenoxy) is 20. The van der Waals surface area contributed by atoms with Crippen molar-refractivity contribution < 1.29 is 94.7 Å². The highest BCUT2D eigenvalue weighted by molar-refractivity contribution is 5.84. The molecule has 0 spiro atoms. The van der Waals surface area contributed by atoms with Crippen molar-refractivity contribution in [2.75, 3.05) is 137 Å². The van der Waals surface area contributed by atoms with Gasteiger partial charge in [0.25, 0.3) is 0 Å². The van der Waals surface area contributed by atoms with Gasteiger partial charge in [-0.05, 0) is 246 Å². The van der Waals surface area contributed by atoms with Crippen LogP contribution in [-0.2, 0) is 0 Å². The summed E-state index contributed by atoms with van der Waals surface area (Å²) in [6.07, 6.45) is 0. The van der Waals surface area contributed by atoms with Gasteiger partial charge in [-0.2, -0.15) is 0 Å². The molecule has 0 atom stereocenters. The van der Waals surface area contributed by atoms with Crippen LogP contribution < -0.4 is 94.7 Å². The molecule has 20 heteroatoms. The summed E-state index contributed by atoms with van der Waals surface area (Å²) < 4.78 is 113. The van der Waals surface area contributed by atoms with Gasteiger partial charge in [-0.15, -0.1) is 0 Å². The average Bonchev–Trinajstić information content (AvgIpc) is 0.806. The van der Waals surface area contributed by atoms with Gasteiger partial charge in [0.1, 0.15) is 181 Å². The van der Waals surface area contributed by atoms with Gasteiger partial charge in [-0.25, -0.2) is 0 Å². The summed E-state index contributed by atoms with van der Waals surface area (Å²) in [6, 6.07) is 40.0. The van der Waals surface area contributed by atoms with Crippen LogP contribution in [0.15, 0.2) is 121 Å². The molecule has 0 radical (unpaired) electrons. The van der Waals surface area contributed by atoms with Gasteiger partial charge in [0.2, 0.25) is 0 Å². The first kappa shape index (κ1) is 79.2. The molecule has 0 fully saturated rings. The highest BCUT2D eigenvalue weighted by Crippen LogP contribution is 2.50. The molecule has 10 aromatic rings. The smallest absolute Gasteiger partial charge is 0.127 e. The van der Waals surface area contributed by atoms with Crippen LogP contribution >= 0.6 is 0 Å². The number of rotatable bonds is 10. The first-order chi connectivity index (χ1) is 53.2. The summed E-state index contributed by atoms with van der Waals surface area (Å²) in [5.74, 6) is 16.7. The largest absolute Gasteiger partial charge is 0.496 e. The van der Waals surface area contributed by atoms with E-state index in [9.17, 15) is 0 Å². The van der Waals surface area contributed by atoms with Crippen LogP contribution in [0.1, 0.15) is 55.6 Å². The van der Waals surface area contributed by atoms with Crippen molar-refractivity contribution in [3.05, 3.63) is 177 Å². The molecule has 15 rings (SSSR count). The van der Waals surface area contributed by atoms with Crippen molar-refractivity contribution in [1.29, 1.82) is 0 Å². The lowest BCUT2D eigenvalue weighted by atomic mass is 9.99. The van der Waals surface area contributed by atoms with Crippen molar-refractivity contribution >= 4 is 0 Å². The molecule has 0 saturated heterocycles. The molecule has 5 aliphatic rings. The number of aryl methyl sites for hydroxylation is 10. The minimum absolute atomic E-state index is 0.517. The van der Waals surface area contributed by atoms with Crippen LogP contribution in [0.5, 0.6) is 115 Å². The van der Waals surface area contributed by atoms with Gasteiger partial charge >= 0.3 is 0 Å². The second-order valence-corrected chi connectivity index (χ2v) is 26.7. The zero-order valence-corrected chi connectivity index (χ0v) is 66.8. The minimum atomic E-state index is 0.517. The average molecular weight is 1500 g/mol. The molecule has 0 unspecified atom stereocenters. The molecule has 0 bridgehead atoms. The molecule has 0 amide bonds. The zero-order valence-electron chi connectivity index (χ0n) is 66.8. The molecule has 5 aliphatic heterocycles. The summed E-state index contributed by atoms with van der Waals surface area (Å²) in [6.45, 7) is 25.3. The van der Waals surface area contributed by atoms with Gasteiger partial charge in [0, 0.05) is 55.6 Å². The van der Waals surface area contributed by atoms with Crippen molar-refractivity contribution in [1.82, 2.24) is 0 Å². The Morgan fingerprint density at radius 3 is 0.300 bits per heavy atom. The Labute approximate surface area is 645 Å². The molecule has 0 saturated carbocycles. The van der Waals surface area contributed by atoms with Crippen LogP contribution in [0.25, 0.3) is 55.6 Å². The topological polar surface area (TPSA) is 185 Å². The molecule has 5 heterocycles. The monoisotopic (exact) mass is 1500 g/mol. The molecule has 0 aromatic heterocycles. The summed E-state index contributed by atoms with van der Waals surface area (Å²) in [7, 11) is 16.7. The Bertz CT molecular complexity index is 3940. The molecule has 20 nitrogen and oxygen atoms in total. The van der Waals surface area contributed by atoms with Gasteiger partial charge in [-0.3, -0.25) is 0 Å². The van der Waals surface area contributed by atoms with E-state index in [1.165, 1.54) is 0 Å². The predicted molar refractivity (Wildman–Crippen MR) is 427 cm³/mol. The third-order valence-corrected chi connectivity index (χ3v) is 19.4. The van der Waals surface area contributed by atoms with Crippen molar-refractivity contribution in [3.8, 4) is 171 Å². The number of benzene rings is 10. The van der Waals surface area contributed by atoms with Crippen LogP contribution in [0.2, 0.25) is 0 Å². The van der Waals surface area contributed by atoms with E-state index >= 15 is 0 Å². The van der Waals surface area contributed by atoms with Crippen LogP contribution in [-0.4, -0.2) is 137 Å². The summed E-state index contributed by atoms with van der Waals surface area (Å²) in [5, 5.41) is 0. The molecule has 0 N–H and O–H groups in total. The van der Waals surface area contributed by atoms with Gasteiger partial charge in [0.15, 0.2) is 0 Å². The van der Waals surface area contributed by atoms with Crippen LogP contribution in [0.4, 0.5) is 0 Å². The maximum Gasteiger partial charge on any atom is 0.127 e. The third kappa shape index (κ3) is 17.5. The van der Waals surface area contributed by atoms with Crippen molar-refractivity contribution in [2.45, 2.75) is 69.2 Å². The number of hydrogen-bond donors (Lipinski definition) is 0. The predicted octanol–water partition coefficient (Wildman–Crippen LogP) is 18.8. The van der Waals surface area contributed by atoms with E-state index in [0.29, 0.717) is 66.1 Å². The summed E-state index contributed by atoms with van der Waals surface area (Å²) in [5.41, 5.74) is 20.0. The van der Waals surface area contributed by atoms with E-state index in [4.69, 9.17) is 94.7 Å². The standard InChI is InChI=1S/5C18H20O4/c5*1-11-7-17-13(9-15(11)19-3)14-10-16(20-4)12(2)8-18(14)22-6-5-21-17/h5*7-10H,5-6H2,1-4H3. The second-order valence-electron chi connectivity index (χ2n) is 26.7. The SMILES string of the molecule is COc1cc2c(cc1C)OCCOc1cc(C)c(OC)cc1-2.COc1cc2c(cc1C)OCCOc1cc(C)c(OC)cc1-2.COc1cc2c(cc1C)OCCOc1cc(C)c(OC)cc1-2.COc1cc2c(cc1C)OCCOc1cc(C)c(OC)cc1-2.COc1cc2c(cc1C)OCCOc1cc(C)c(OC)cc1-2. The van der Waals surface area contributed by atoms with E-state index in [1.54, 1.807) is 71.1 Å². The molecule has 110 heavy (non-hydrogen) atoms. The molecular weight excluding hydrogens is 1400 g/mol. The first-order valence-electron chi connectivity index (χ1n) is 36.3. The van der Waals surface area contributed by atoms with E-state index in [0.717, 1.165) is 226 Å². The molecule has 580 valence electrons. The Hall–Kier alpha value is -11.8. The quantitative estimate of drug-likeness (QED) is 0.126. The maximum absolute atomic E-state index is 5.85. The number of hydrogen-bond acceptors (Lipinski definition) is 20. The highest BCUT2D eigenvalue weighted by Gasteiger charge is 2.26. The van der Waals surface area contributed by atoms with E-state index in [1.807, 2.05) is 191 Å².